The number of aromatic hydroxyl groups is 1. The molecule has 0 radical (unpaired) electrons. The van der Waals surface area contributed by atoms with E-state index in [4.69, 9.17) is 4.42 Å². The highest BCUT2D eigenvalue weighted by atomic mass is 16.4. The van der Waals surface area contributed by atoms with E-state index < -0.39 is 18.1 Å². The Bertz CT molecular complexity index is 987. The molecule has 3 N–H and O–H groups in total. The highest BCUT2D eigenvalue weighted by Gasteiger charge is 2.27. The van der Waals surface area contributed by atoms with Gasteiger partial charge in [-0.2, -0.15) is 0 Å². The average molecular weight is 407 g/mol. The summed E-state index contributed by atoms with van der Waals surface area (Å²) in [6, 6.07) is 14.9. The van der Waals surface area contributed by atoms with Crippen molar-refractivity contribution in [3.8, 4) is 5.75 Å². The van der Waals surface area contributed by atoms with Crippen molar-refractivity contribution in [2.75, 3.05) is 0 Å². The van der Waals surface area contributed by atoms with E-state index >= 15 is 0 Å². The number of rotatable bonds is 10. The molecule has 0 aliphatic rings. The number of benzene rings is 2. The minimum Gasteiger partial charge on any atom is -0.507 e. The number of allylic oxidation sites excluding steroid dienone is 1. The molecular weight excluding hydrogens is 376 g/mol. The van der Waals surface area contributed by atoms with Gasteiger partial charge in [0.1, 0.15) is 17.6 Å². The van der Waals surface area contributed by atoms with Gasteiger partial charge in [0.25, 0.3) is 0 Å². The van der Waals surface area contributed by atoms with E-state index in [9.17, 15) is 15.3 Å². The number of furan rings is 1. The minimum absolute atomic E-state index is 0.274. The molecule has 3 aromatic rings. The maximum absolute atomic E-state index is 10.7. The summed E-state index contributed by atoms with van der Waals surface area (Å²) in [5, 5.41) is 33.2. The van der Waals surface area contributed by atoms with Crippen molar-refractivity contribution in [2.24, 2.45) is 5.92 Å². The van der Waals surface area contributed by atoms with Crippen LogP contribution in [0.15, 0.2) is 77.4 Å². The molecular formula is C26H30O4. The highest BCUT2D eigenvalue weighted by Crippen LogP contribution is 2.32. The fourth-order valence-corrected chi connectivity index (χ4v) is 3.91. The molecule has 0 amide bonds. The Kier molecular flexibility index (Phi) is 7.50. The molecule has 0 saturated heterocycles. The molecule has 2 aromatic carbocycles. The molecule has 0 bridgehead atoms. The number of hydrogen-bond acceptors (Lipinski definition) is 4. The number of hydrogen-bond donors (Lipinski definition) is 3. The van der Waals surface area contributed by atoms with Crippen LogP contribution in [-0.2, 0) is 0 Å². The standard InChI is InChI=1S/C26H30O4/c1-3-8-18(17-19-13-15-24(28)22-10-6-5-9-21(19)22)12-14-23(27)20(4-2)26(29)25-11-7-16-30-25/h4-7,9-11,13,15-17,20,23,26-29H,2-3,8,12,14H2,1H3/b18-17+/t20-,23-,26+/m1/s1. The SMILES string of the molecule is C=C[C@H]([C@H](O)CC/C(=C/c1ccc(O)c2ccccc12)CCC)[C@H](O)c1ccco1. The zero-order valence-electron chi connectivity index (χ0n) is 17.4. The van der Waals surface area contributed by atoms with Gasteiger partial charge in [0, 0.05) is 11.3 Å². The first-order chi connectivity index (χ1) is 14.5. The van der Waals surface area contributed by atoms with Crippen LogP contribution in [0.1, 0.15) is 50.0 Å². The summed E-state index contributed by atoms with van der Waals surface area (Å²) in [5.41, 5.74) is 2.28. The molecule has 0 aliphatic heterocycles. The largest absolute Gasteiger partial charge is 0.507 e. The smallest absolute Gasteiger partial charge is 0.132 e. The average Bonchev–Trinajstić information content (AvgIpc) is 3.30. The van der Waals surface area contributed by atoms with Gasteiger partial charge in [-0.05, 0) is 48.4 Å². The molecule has 1 aromatic heterocycles. The Hall–Kier alpha value is -2.82. The first-order valence-corrected chi connectivity index (χ1v) is 10.5. The number of aliphatic hydroxyl groups is 2. The monoisotopic (exact) mass is 406 g/mol. The third-order valence-corrected chi connectivity index (χ3v) is 5.54. The van der Waals surface area contributed by atoms with E-state index in [0.29, 0.717) is 18.6 Å². The zero-order chi connectivity index (χ0) is 21.5. The summed E-state index contributed by atoms with van der Waals surface area (Å²) >= 11 is 0. The Morgan fingerprint density at radius 3 is 2.47 bits per heavy atom. The molecule has 0 aliphatic carbocycles. The van der Waals surface area contributed by atoms with Crippen LogP contribution < -0.4 is 0 Å². The molecule has 4 nitrogen and oxygen atoms in total. The molecule has 1 heterocycles. The van der Waals surface area contributed by atoms with Crippen molar-refractivity contribution in [1.82, 2.24) is 0 Å². The van der Waals surface area contributed by atoms with Crippen molar-refractivity contribution in [1.29, 1.82) is 0 Å². The maximum Gasteiger partial charge on any atom is 0.132 e. The third-order valence-electron chi connectivity index (χ3n) is 5.54. The summed E-state index contributed by atoms with van der Waals surface area (Å²) in [6.45, 7) is 5.92. The zero-order valence-corrected chi connectivity index (χ0v) is 17.4. The second-order valence-electron chi connectivity index (χ2n) is 7.65. The molecule has 30 heavy (non-hydrogen) atoms. The van der Waals surface area contributed by atoms with Crippen molar-refractivity contribution in [3.63, 3.8) is 0 Å². The molecule has 0 spiro atoms. The topological polar surface area (TPSA) is 73.8 Å². The van der Waals surface area contributed by atoms with Crippen LogP contribution in [0.3, 0.4) is 0 Å². The molecule has 0 unspecified atom stereocenters. The summed E-state index contributed by atoms with van der Waals surface area (Å²) in [5.74, 6) is 0.198. The summed E-state index contributed by atoms with van der Waals surface area (Å²) < 4.78 is 5.28. The van der Waals surface area contributed by atoms with E-state index in [2.05, 4.69) is 19.6 Å². The molecule has 0 fully saturated rings. The van der Waals surface area contributed by atoms with E-state index in [0.717, 1.165) is 29.2 Å². The number of aliphatic hydroxyl groups excluding tert-OH is 2. The third kappa shape index (κ3) is 5.02. The molecule has 3 atom stereocenters. The van der Waals surface area contributed by atoms with E-state index in [1.807, 2.05) is 30.3 Å². The highest BCUT2D eigenvalue weighted by molar-refractivity contribution is 5.94. The van der Waals surface area contributed by atoms with Crippen LogP contribution in [0.4, 0.5) is 0 Å². The predicted molar refractivity (Wildman–Crippen MR) is 121 cm³/mol. The first-order valence-electron chi connectivity index (χ1n) is 10.5. The number of phenols is 1. The van der Waals surface area contributed by atoms with Crippen LogP contribution in [-0.4, -0.2) is 21.4 Å². The van der Waals surface area contributed by atoms with Gasteiger partial charge in [-0.25, -0.2) is 0 Å². The first kappa shape index (κ1) is 21.9. The van der Waals surface area contributed by atoms with Gasteiger partial charge in [0.2, 0.25) is 0 Å². The predicted octanol–water partition coefficient (Wildman–Crippen LogP) is 6.00. The molecule has 158 valence electrons. The minimum atomic E-state index is -0.924. The Balaban J connectivity index is 1.77. The van der Waals surface area contributed by atoms with Gasteiger partial charge in [-0.1, -0.05) is 61.4 Å². The Morgan fingerprint density at radius 2 is 1.80 bits per heavy atom. The van der Waals surface area contributed by atoms with Gasteiger partial charge in [0.05, 0.1) is 12.4 Å². The van der Waals surface area contributed by atoms with E-state index in [-0.39, 0.29) is 5.75 Å². The quantitative estimate of drug-likeness (QED) is 0.361. The maximum atomic E-state index is 10.7. The second-order valence-corrected chi connectivity index (χ2v) is 7.65. The summed E-state index contributed by atoms with van der Waals surface area (Å²) in [6.07, 6.45) is 6.73. The van der Waals surface area contributed by atoms with Gasteiger partial charge in [-0.3, -0.25) is 0 Å². The fourth-order valence-electron chi connectivity index (χ4n) is 3.91. The lowest BCUT2D eigenvalue weighted by molar-refractivity contribution is 0.0207. The molecule has 0 saturated carbocycles. The second kappa shape index (κ2) is 10.3. The van der Waals surface area contributed by atoms with Crippen LogP contribution in [0, 0.1) is 5.92 Å². The van der Waals surface area contributed by atoms with Crippen molar-refractivity contribution >= 4 is 16.8 Å². The van der Waals surface area contributed by atoms with Crippen molar-refractivity contribution < 1.29 is 19.7 Å². The summed E-state index contributed by atoms with van der Waals surface area (Å²) in [7, 11) is 0. The van der Waals surface area contributed by atoms with Gasteiger partial charge < -0.3 is 19.7 Å². The van der Waals surface area contributed by atoms with Gasteiger partial charge in [0.15, 0.2) is 0 Å². The lowest BCUT2D eigenvalue weighted by atomic mass is 9.89. The fraction of sp³-hybridized carbons (Fsp3) is 0.308. The lowest BCUT2D eigenvalue weighted by Crippen LogP contribution is -2.25. The van der Waals surface area contributed by atoms with Crippen LogP contribution in [0.5, 0.6) is 5.75 Å². The molecule has 3 rings (SSSR count). The van der Waals surface area contributed by atoms with Crippen LogP contribution >= 0.6 is 0 Å². The normalized spacial score (nSPS) is 15.1. The summed E-state index contributed by atoms with van der Waals surface area (Å²) in [4.78, 5) is 0. The van der Waals surface area contributed by atoms with Gasteiger partial charge >= 0.3 is 0 Å². The van der Waals surface area contributed by atoms with Crippen molar-refractivity contribution in [3.05, 3.63) is 84.3 Å². The Labute approximate surface area is 177 Å². The lowest BCUT2D eigenvalue weighted by Gasteiger charge is -2.24. The number of phenolic OH excluding ortho intramolecular Hbond substituents is 1. The van der Waals surface area contributed by atoms with Crippen LogP contribution in [0.2, 0.25) is 0 Å². The molecule has 4 heteroatoms. The Morgan fingerprint density at radius 1 is 1.03 bits per heavy atom. The van der Waals surface area contributed by atoms with E-state index in [1.165, 1.54) is 11.8 Å². The van der Waals surface area contributed by atoms with Crippen molar-refractivity contribution in [2.45, 2.75) is 44.8 Å². The van der Waals surface area contributed by atoms with E-state index in [1.54, 1.807) is 24.3 Å². The van der Waals surface area contributed by atoms with Gasteiger partial charge in [-0.15, -0.1) is 6.58 Å². The number of fused-ring (bicyclic) bond motifs is 1. The van der Waals surface area contributed by atoms with Crippen LogP contribution in [0.25, 0.3) is 16.8 Å².